The van der Waals surface area contributed by atoms with Crippen molar-refractivity contribution in [3.8, 4) is 11.5 Å². The molecule has 0 fully saturated rings. The fourth-order valence-corrected chi connectivity index (χ4v) is 2.40. The normalized spacial score (nSPS) is 10.3. The maximum absolute atomic E-state index is 12.1. The average Bonchev–Trinajstić information content (AvgIpc) is 2.60. The zero-order valence-corrected chi connectivity index (χ0v) is 15.4. The van der Waals surface area contributed by atoms with Crippen molar-refractivity contribution in [1.82, 2.24) is 15.3 Å². The summed E-state index contributed by atoms with van der Waals surface area (Å²) in [6.45, 7) is 4.30. The molecule has 2 N–H and O–H groups in total. The van der Waals surface area contributed by atoms with E-state index in [9.17, 15) is 4.79 Å². The second-order valence-electron chi connectivity index (χ2n) is 5.25. The van der Waals surface area contributed by atoms with Crippen LogP contribution in [0.5, 0.6) is 11.5 Å². The SMILES string of the molecule is CCCNC(=O)c1cc(Nc2cc(OC)c(Cl)cc2OC)nc(C)n1. The van der Waals surface area contributed by atoms with Crippen LogP contribution in [0.2, 0.25) is 5.02 Å². The molecule has 0 aliphatic rings. The molecule has 1 aromatic carbocycles. The molecule has 0 atom stereocenters. The van der Waals surface area contributed by atoms with Gasteiger partial charge in [0.15, 0.2) is 0 Å². The van der Waals surface area contributed by atoms with Gasteiger partial charge in [-0.2, -0.15) is 0 Å². The van der Waals surface area contributed by atoms with Gasteiger partial charge in [0.1, 0.15) is 28.8 Å². The zero-order chi connectivity index (χ0) is 18.4. The van der Waals surface area contributed by atoms with Gasteiger partial charge in [0.25, 0.3) is 5.91 Å². The van der Waals surface area contributed by atoms with Gasteiger partial charge in [0.05, 0.1) is 24.9 Å². The van der Waals surface area contributed by atoms with E-state index in [1.165, 1.54) is 14.2 Å². The van der Waals surface area contributed by atoms with Gasteiger partial charge in [-0.25, -0.2) is 9.97 Å². The van der Waals surface area contributed by atoms with Gasteiger partial charge in [0.2, 0.25) is 0 Å². The maximum Gasteiger partial charge on any atom is 0.270 e. The van der Waals surface area contributed by atoms with Crippen LogP contribution in [0.15, 0.2) is 18.2 Å². The van der Waals surface area contributed by atoms with E-state index in [-0.39, 0.29) is 5.91 Å². The molecule has 0 aliphatic heterocycles. The minimum atomic E-state index is -0.240. The Balaban J connectivity index is 2.34. The van der Waals surface area contributed by atoms with Crippen LogP contribution < -0.4 is 20.1 Å². The third kappa shape index (κ3) is 4.73. The molecule has 1 amide bonds. The van der Waals surface area contributed by atoms with Gasteiger partial charge in [-0.3, -0.25) is 4.79 Å². The summed E-state index contributed by atoms with van der Waals surface area (Å²) in [5.74, 6) is 1.73. The summed E-state index contributed by atoms with van der Waals surface area (Å²) in [4.78, 5) is 20.6. The molecule has 134 valence electrons. The molecule has 0 spiro atoms. The Morgan fingerprint density at radius 2 is 1.88 bits per heavy atom. The number of benzene rings is 1. The number of ether oxygens (including phenoxy) is 2. The summed E-state index contributed by atoms with van der Waals surface area (Å²) in [6.07, 6.45) is 0.850. The van der Waals surface area contributed by atoms with E-state index in [4.69, 9.17) is 21.1 Å². The molecule has 25 heavy (non-hydrogen) atoms. The van der Waals surface area contributed by atoms with Crippen molar-refractivity contribution in [1.29, 1.82) is 0 Å². The number of aryl methyl sites for hydroxylation is 1. The summed E-state index contributed by atoms with van der Waals surface area (Å²) in [5.41, 5.74) is 0.908. The molecule has 2 rings (SSSR count). The highest BCUT2D eigenvalue weighted by Gasteiger charge is 2.13. The predicted molar refractivity (Wildman–Crippen MR) is 97.2 cm³/mol. The molecule has 7 nitrogen and oxygen atoms in total. The first kappa shape index (κ1) is 18.8. The van der Waals surface area contributed by atoms with E-state index >= 15 is 0 Å². The molecule has 1 aromatic heterocycles. The number of hydrogen-bond acceptors (Lipinski definition) is 6. The number of amides is 1. The molecule has 0 saturated carbocycles. The van der Waals surface area contributed by atoms with Crippen molar-refractivity contribution in [3.63, 3.8) is 0 Å². The quantitative estimate of drug-likeness (QED) is 0.783. The van der Waals surface area contributed by atoms with Crippen LogP contribution in [0, 0.1) is 6.92 Å². The van der Waals surface area contributed by atoms with Crippen LogP contribution >= 0.6 is 11.6 Å². The number of nitrogens with zero attached hydrogens (tertiary/aromatic N) is 2. The van der Waals surface area contributed by atoms with Gasteiger partial charge in [-0.05, 0) is 13.3 Å². The Morgan fingerprint density at radius 1 is 1.16 bits per heavy atom. The molecule has 2 aromatic rings. The van der Waals surface area contributed by atoms with Gasteiger partial charge < -0.3 is 20.1 Å². The minimum absolute atomic E-state index is 0.240. The number of carbonyl (C=O) groups is 1. The van der Waals surface area contributed by atoms with Crippen molar-refractivity contribution in [2.45, 2.75) is 20.3 Å². The molecule has 0 aliphatic carbocycles. The first-order valence-electron chi connectivity index (χ1n) is 7.80. The lowest BCUT2D eigenvalue weighted by Gasteiger charge is -2.14. The number of halogens is 1. The highest BCUT2D eigenvalue weighted by molar-refractivity contribution is 6.32. The molecular formula is C17H21ClN4O3. The molecule has 1 heterocycles. The highest BCUT2D eigenvalue weighted by atomic mass is 35.5. The highest BCUT2D eigenvalue weighted by Crippen LogP contribution is 2.37. The zero-order valence-electron chi connectivity index (χ0n) is 14.6. The Morgan fingerprint density at radius 3 is 2.52 bits per heavy atom. The number of rotatable bonds is 7. The third-order valence-corrected chi connectivity index (χ3v) is 3.64. The number of nitrogens with one attached hydrogen (secondary N) is 2. The van der Waals surface area contributed by atoms with Gasteiger partial charge in [-0.1, -0.05) is 18.5 Å². The lowest BCUT2D eigenvalue weighted by atomic mass is 10.2. The maximum atomic E-state index is 12.1. The van der Waals surface area contributed by atoms with E-state index in [0.717, 1.165) is 6.42 Å². The number of anilines is 2. The molecule has 0 bridgehead atoms. The molecule has 0 saturated heterocycles. The Bertz CT molecular complexity index is 768. The molecule has 0 unspecified atom stereocenters. The smallest absolute Gasteiger partial charge is 0.270 e. The average molecular weight is 365 g/mol. The Hall–Kier alpha value is -2.54. The summed E-state index contributed by atoms with van der Waals surface area (Å²) >= 11 is 6.11. The van der Waals surface area contributed by atoms with Crippen LogP contribution in [0.3, 0.4) is 0 Å². The van der Waals surface area contributed by atoms with Crippen LogP contribution in [0.1, 0.15) is 29.7 Å². The van der Waals surface area contributed by atoms with Crippen molar-refractivity contribution in [2.24, 2.45) is 0 Å². The minimum Gasteiger partial charge on any atom is -0.495 e. The van der Waals surface area contributed by atoms with Crippen molar-refractivity contribution in [3.05, 3.63) is 34.7 Å². The Labute approximate surface area is 151 Å². The lowest BCUT2D eigenvalue weighted by molar-refractivity contribution is 0.0948. The largest absolute Gasteiger partial charge is 0.495 e. The number of methoxy groups -OCH3 is 2. The molecule has 0 radical (unpaired) electrons. The monoisotopic (exact) mass is 364 g/mol. The number of aromatic nitrogens is 2. The second-order valence-corrected chi connectivity index (χ2v) is 5.66. The first-order chi connectivity index (χ1) is 12.0. The van der Waals surface area contributed by atoms with Gasteiger partial charge in [0, 0.05) is 24.7 Å². The Kier molecular flexibility index (Phi) is 6.41. The summed E-state index contributed by atoms with van der Waals surface area (Å²) in [5, 5.41) is 6.35. The van der Waals surface area contributed by atoms with E-state index < -0.39 is 0 Å². The van der Waals surface area contributed by atoms with Gasteiger partial charge >= 0.3 is 0 Å². The third-order valence-electron chi connectivity index (χ3n) is 3.34. The van der Waals surface area contributed by atoms with Crippen LogP contribution in [0.25, 0.3) is 0 Å². The van der Waals surface area contributed by atoms with E-state index in [1.807, 2.05) is 6.92 Å². The van der Waals surface area contributed by atoms with Crippen LogP contribution in [-0.4, -0.2) is 36.6 Å². The first-order valence-corrected chi connectivity index (χ1v) is 8.18. The van der Waals surface area contributed by atoms with Crippen molar-refractivity contribution in [2.75, 3.05) is 26.1 Å². The van der Waals surface area contributed by atoms with Crippen molar-refractivity contribution < 1.29 is 14.3 Å². The molecular weight excluding hydrogens is 344 g/mol. The van der Waals surface area contributed by atoms with E-state index in [1.54, 1.807) is 25.1 Å². The van der Waals surface area contributed by atoms with Crippen molar-refractivity contribution >= 4 is 29.0 Å². The summed E-state index contributed by atoms with van der Waals surface area (Å²) in [6, 6.07) is 4.93. The number of hydrogen-bond donors (Lipinski definition) is 2. The van der Waals surface area contributed by atoms with E-state index in [0.29, 0.717) is 46.1 Å². The fraction of sp³-hybridized carbons (Fsp3) is 0.353. The summed E-state index contributed by atoms with van der Waals surface area (Å²) in [7, 11) is 3.07. The van der Waals surface area contributed by atoms with Crippen LogP contribution in [-0.2, 0) is 0 Å². The van der Waals surface area contributed by atoms with Crippen LogP contribution in [0.4, 0.5) is 11.5 Å². The standard InChI is InChI=1S/C17H21ClN4O3/c1-5-6-19-17(23)13-9-16(21-10(2)20-13)22-12-8-14(24-3)11(18)7-15(12)25-4/h7-9H,5-6H2,1-4H3,(H,19,23)(H,20,21,22). The number of carbonyl (C=O) groups excluding carboxylic acids is 1. The second kappa shape index (κ2) is 8.53. The summed E-state index contributed by atoms with van der Waals surface area (Å²) < 4.78 is 10.6. The topological polar surface area (TPSA) is 85.4 Å². The van der Waals surface area contributed by atoms with E-state index in [2.05, 4.69) is 20.6 Å². The predicted octanol–water partition coefficient (Wildman–Crippen LogP) is 3.34. The van der Waals surface area contributed by atoms with Gasteiger partial charge in [-0.15, -0.1) is 0 Å². The lowest BCUT2D eigenvalue weighted by Crippen LogP contribution is -2.25. The molecule has 8 heteroatoms. The fourth-order valence-electron chi connectivity index (χ4n) is 2.17.